The van der Waals surface area contributed by atoms with Crippen LogP contribution in [0.2, 0.25) is 0 Å². The molecule has 5 nitrogen and oxygen atoms in total. The summed E-state index contributed by atoms with van der Waals surface area (Å²) >= 11 is 0. The minimum absolute atomic E-state index is 0.0713. The monoisotopic (exact) mass is 329 g/mol. The Morgan fingerprint density at radius 1 is 1.18 bits per heavy atom. The second-order valence-corrected chi connectivity index (χ2v) is 7.75. The fourth-order valence-electron chi connectivity index (χ4n) is 2.77. The quantitative estimate of drug-likeness (QED) is 0.865. The summed E-state index contributed by atoms with van der Waals surface area (Å²) in [5.41, 5.74) is 0.926. The van der Waals surface area contributed by atoms with Gasteiger partial charge in [-0.1, -0.05) is 12.1 Å². The third-order valence-electron chi connectivity index (χ3n) is 3.88. The molecule has 22 heavy (non-hydrogen) atoms. The SMILES string of the molecule is O=S1(=O)CCCN(Cc2nc3ccccc3n2C(F)F)CC1. The molecule has 0 radical (unpaired) electrons. The Morgan fingerprint density at radius 2 is 1.95 bits per heavy atom. The van der Waals surface area contributed by atoms with Crippen LogP contribution in [0.1, 0.15) is 18.8 Å². The van der Waals surface area contributed by atoms with E-state index in [9.17, 15) is 17.2 Å². The van der Waals surface area contributed by atoms with Gasteiger partial charge >= 0.3 is 6.55 Å². The van der Waals surface area contributed by atoms with Crippen molar-refractivity contribution in [2.75, 3.05) is 24.6 Å². The number of para-hydroxylation sites is 2. The van der Waals surface area contributed by atoms with E-state index in [1.807, 2.05) is 4.90 Å². The minimum atomic E-state index is -3.01. The Morgan fingerprint density at radius 3 is 2.73 bits per heavy atom. The molecule has 0 N–H and O–H groups in total. The summed E-state index contributed by atoms with van der Waals surface area (Å²) in [4.78, 5) is 6.17. The fourth-order valence-corrected chi connectivity index (χ4v) is 4.08. The van der Waals surface area contributed by atoms with Gasteiger partial charge in [-0.2, -0.15) is 8.78 Å². The maximum absolute atomic E-state index is 13.4. The van der Waals surface area contributed by atoms with Gasteiger partial charge < -0.3 is 0 Å². The highest BCUT2D eigenvalue weighted by Crippen LogP contribution is 2.24. The Kier molecular flexibility index (Phi) is 4.14. The van der Waals surface area contributed by atoms with Gasteiger partial charge in [0.15, 0.2) is 9.84 Å². The molecule has 1 saturated heterocycles. The van der Waals surface area contributed by atoms with Gasteiger partial charge in [-0.05, 0) is 25.1 Å². The average Bonchev–Trinajstić information content (AvgIpc) is 2.73. The van der Waals surface area contributed by atoms with Crippen molar-refractivity contribution in [2.45, 2.75) is 19.5 Å². The van der Waals surface area contributed by atoms with Crippen LogP contribution < -0.4 is 0 Å². The molecular formula is C14H17F2N3O2S. The van der Waals surface area contributed by atoms with Crippen molar-refractivity contribution in [1.82, 2.24) is 14.5 Å². The molecule has 2 heterocycles. The summed E-state index contributed by atoms with van der Waals surface area (Å²) in [6.45, 7) is -1.51. The Labute approximate surface area is 127 Å². The lowest BCUT2D eigenvalue weighted by atomic mass is 10.3. The molecule has 120 valence electrons. The van der Waals surface area contributed by atoms with Crippen LogP contribution >= 0.6 is 0 Å². The third-order valence-corrected chi connectivity index (χ3v) is 5.59. The smallest absolute Gasteiger partial charge is 0.295 e. The number of alkyl halides is 2. The van der Waals surface area contributed by atoms with Crippen molar-refractivity contribution in [2.24, 2.45) is 0 Å². The zero-order valence-corrected chi connectivity index (χ0v) is 12.8. The van der Waals surface area contributed by atoms with E-state index in [-0.39, 0.29) is 23.9 Å². The molecule has 0 saturated carbocycles. The van der Waals surface area contributed by atoms with Gasteiger partial charge in [0.05, 0.1) is 29.1 Å². The minimum Gasteiger partial charge on any atom is -0.295 e. The van der Waals surface area contributed by atoms with Gasteiger partial charge in [-0.15, -0.1) is 0 Å². The molecular weight excluding hydrogens is 312 g/mol. The highest BCUT2D eigenvalue weighted by atomic mass is 32.2. The van der Waals surface area contributed by atoms with E-state index >= 15 is 0 Å². The summed E-state index contributed by atoms with van der Waals surface area (Å²) in [6, 6.07) is 6.77. The molecule has 0 atom stereocenters. The van der Waals surface area contributed by atoms with E-state index in [0.717, 1.165) is 4.57 Å². The van der Waals surface area contributed by atoms with Crippen LogP contribution in [0.25, 0.3) is 11.0 Å². The summed E-state index contributed by atoms with van der Waals surface area (Å²) in [7, 11) is -3.01. The van der Waals surface area contributed by atoms with E-state index in [4.69, 9.17) is 0 Å². The Balaban J connectivity index is 1.89. The molecule has 1 aromatic heterocycles. The molecule has 8 heteroatoms. The van der Waals surface area contributed by atoms with Crippen LogP contribution in [0, 0.1) is 0 Å². The predicted octanol–water partition coefficient (Wildman–Crippen LogP) is 2.05. The molecule has 1 aliphatic rings. The predicted molar refractivity (Wildman–Crippen MR) is 79.5 cm³/mol. The number of rotatable bonds is 3. The summed E-state index contributed by atoms with van der Waals surface area (Å²) < 4.78 is 50.9. The number of fused-ring (bicyclic) bond motifs is 1. The number of nitrogens with zero attached hydrogens (tertiary/aromatic N) is 3. The van der Waals surface area contributed by atoms with Crippen LogP contribution in [-0.4, -0.2) is 47.5 Å². The maximum atomic E-state index is 13.4. The number of aromatic nitrogens is 2. The van der Waals surface area contributed by atoms with E-state index in [0.29, 0.717) is 30.5 Å². The second kappa shape index (κ2) is 5.92. The van der Waals surface area contributed by atoms with Crippen molar-refractivity contribution in [1.29, 1.82) is 0 Å². The summed E-state index contributed by atoms with van der Waals surface area (Å²) in [6.07, 6.45) is 0.525. The van der Waals surface area contributed by atoms with Crippen LogP contribution in [0.15, 0.2) is 24.3 Å². The van der Waals surface area contributed by atoms with Crippen LogP contribution in [-0.2, 0) is 16.4 Å². The Bertz CT molecular complexity index is 773. The molecule has 1 aromatic carbocycles. The van der Waals surface area contributed by atoms with Gasteiger partial charge in [-0.25, -0.2) is 13.4 Å². The number of benzene rings is 1. The highest BCUT2D eigenvalue weighted by Gasteiger charge is 2.23. The number of sulfone groups is 1. The molecule has 0 amide bonds. The van der Waals surface area contributed by atoms with Gasteiger partial charge in [-0.3, -0.25) is 9.47 Å². The van der Waals surface area contributed by atoms with Crippen molar-refractivity contribution < 1.29 is 17.2 Å². The summed E-state index contributed by atoms with van der Waals surface area (Å²) in [5.74, 6) is 0.506. The van der Waals surface area contributed by atoms with Gasteiger partial charge in [0.1, 0.15) is 5.82 Å². The Hall–Kier alpha value is -1.54. The van der Waals surface area contributed by atoms with Crippen LogP contribution in [0.3, 0.4) is 0 Å². The van der Waals surface area contributed by atoms with Crippen molar-refractivity contribution in [3.05, 3.63) is 30.1 Å². The van der Waals surface area contributed by atoms with Gasteiger partial charge in [0.25, 0.3) is 0 Å². The largest absolute Gasteiger partial charge is 0.320 e. The molecule has 0 bridgehead atoms. The molecule has 1 fully saturated rings. The number of imidazole rings is 1. The van der Waals surface area contributed by atoms with Gasteiger partial charge in [0.2, 0.25) is 0 Å². The number of halogens is 2. The van der Waals surface area contributed by atoms with Crippen LogP contribution in [0.5, 0.6) is 0 Å². The zero-order valence-electron chi connectivity index (χ0n) is 12.0. The molecule has 0 aliphatic carbocycles. The highest BCUT2D eigenvalue weighted by molar-refractivity contribution is 7.91. The molecule has 0 spiro atoms. The fraction of sp³-hybridized carbons (Fsp3) is 0.500. The second-order valence-electron chi connectivity index (χ2n) is 5.45. The first-order valence-corrected chi connectivity index (χ1v) is 8.95. The molecule has 1 aliphatic heterocycles. The van der Waals surface area contributed by atoms with Crippen molar-refractivity contribution >= 4 is 20.9 Å². The standard InChI is InChI=1S/C14H17F2N3O2S/c15-14(16)19-12-5-2-1-4-11(12)17-13(19)10-18-6-3-8-22(20,21)9-7-18/h1-2,4-5,14H,3,6-10H2. The lowest BCUT2D eigenvalue weighted by Gasteiger charge is -2.19. The third kappa shape index (κ3) is 3.12. The molecule has 0 unspecified atom stereocenters. The first-order chi connectivity index (χ1) is 10.5. The van der Waals surface area contributed by atoms with Gasteiger partial charge in [0, 0.05) is 6.54 Å². The normalized spacial score (nSPS) is 19.6. The lowest BCUT2D eigenvalue weighted by molar-refractivity contribution is 0.0685. The first-order valence-electron chi connectivity index (χ1n) is 7.13. The van der Waals surface area contributed by atoms with Crippen molar-refractivity contribution in [3.8, 4) is 0 Å². The van der Waals surface area contributed by atoms with E-state index in [1.54, 1.807) is 24.3 Å². The topological polar surface area (TPSA) is 55.2 Å². The van der Waals surface area contributed by atoms with Crippen LogP contribution in [0.4, 0.5) is 8.78 Å². The molecule has 3 rings (SSSR count). The van der Waals surface area contributed by atoms with Crippen molar-refractivity contribution in [3.63, 3.8) is 0 Å². The maximum Gasteiger partial charge on any atom is 0.320 e. The lowest BCUT2D eigenvalue weighted by Crippen LogP contribution is -2.28. The van der Waals surface area contributed by atoms with E-state index in [1.165, 1.54) is 0 Å². The average molecular weight is 329 g/mol. The molecule has 2 aromatic rings. The zero-order chi connectivity index (χ0) is 15.7. The van der Waals surface area contributed by atoms with E-state index < -0.39 is 16.4 Å². The van der Waals surface area contributed by atoms with E-state index in [2.05, 4.69) is 4.98 Å². The number of hydrogen-bond acceptors (Lipinski definition) is 4. The number of hydrogen-bond donors (Lipinski definition) is 0. The summed E-state index contributed by atoms with van der Waals surface area (Å²) in [5, 5.41) is 0. The first kappa shape index (κ1) is 15.4.